The van der Waals surface area contributed by atoms with Crippen LogP contribution in [0.5, 0.6) is 0 Å². The minimum Gasteiger partial charge on any atom is -0.382 e. The molecular weight excluding hydrogens is 244 g/mol. The number of nitrogens with one attached hydrogen (secondary N) is 1. The predicted molar refractivity (Wildman–Crippen MR) is 85.5 cm³/mol. The summed E-state index contributed by atoms with van der Waals surface area (Å²) in [7, 11) is 0. The van der Waals surface area contributed by atoms with E-state index in [1.807, 2.05) is 0 Å². The van der Waals surface area contributed by atoms with Crippen molar-refractivity contribution in [3.05, 3.63) is 23.8 Å². The summed E-state index contributed by atoms with van der Waals surface area (Å²) in [4.78, 5) is 2.52. The van der Waals surface area contributed by atoms with E-state index in [-0.39, 0.29) is 0 Å². The van der Waals surface area contributed by atoms with Crippen molar-refractivity contribution in [1.29, 1.82) is 0 Å². The number of rotatable bonds is 3. The lowest BCUT2D eigenvalue weighted by atomic mass is 9.95. The highest BCUT2D eigenvalue weighted by molar-refractivity contribution is 5.61. The molecule has 20 heavy (non-hydrogen) atoms. The van der Waals surface area contributed by atoms with E-state index in [2.05, 4.69) is 35.3 Å². The molecule has 3 fully saturated rings. The first-order chi connectivity index (χ1) is 9.79. The first-order valence-electron chi connectivity index (χ1n) is 8.42. The Morgan fingerprint density at radius 3 is 2.60 bits per heavy atom. The number of anilines is 2. The molecule has 1 aromatic rings. The van der Waals surface area contributed by atoms with Crippen molar-refractivity contribution >= 4 is 11.4 Å². The van der Waals surface area contributed by atoms with Gasteiger partial charge >= 0.3 is 0 Å². The Morgan fingerprint density at radius 1 is 1.10 bits per heavy atom. The molecule has 2 heteroatoms. The number of nitrogens with zero attached hydrogens (tertiary/aromatic N) is 1. The minimum atomic E-state index is 0.741. The molecule has 0 aromatic heterocycles. The topological polar surface area (TPSA) is 15.3 Å². The first kappa shape index (κ1) is 12.6. The van der Waals surface area contributed by atoms with E-state index in [9.17, 15) is 0 Å². The largest absolute Gasteiger partial charge is 0.382 e. The van der Waals surface area contributed by atoms with E-state index in [0.29, 0.717) is 0 Å². The van der Waals surface area contributed by atoms with Gasteiger partial charge in [0.1, 0.15) is 0 Å². The molecule has 1 N–H and O–H groups in total. The highest BCUT2D eigenvalue weighted by atomic mass is 15.1. The van der Waals surface area contributed by atoms with Gasteiger partial charge in [0.15, 0.2) is 0 Å². The second-order valence-electron chi connectivity index (χ2n) is 7.12. The molecule has 3 unspecified atom stereocenters. The van der Waals surface area contributed by atoms with Crippen LogP contribution in [0.15, 0.2) is 18.2 Å². The Hall–Kier alpha value is -1.18. The Morgan fingerprint density at radius 2 is 1.95 bits per heavy atom. The van der Waals surface area contributed by atoms with Gasteiger partial charge < -0.3 is 10.2 Å². The Labute approximate surface area is 122 Å². The number of hydrogen-bond acceptors (Lipinski definition) is 2. The summed E-state index contributed by atoms with van der Waals surface area (Å²) < 4.78 is 0. The SMILES string of the molecule is Cc1cc(N2CCCC2)ccc1NC1CC2CCC1C2. The summed E-state index contributed by atoms with van der Waals surface area (Å²) in [6.45, 7) is 4.73. The van der Waals surface area contributed by atoms with Crippen LogP contribution in [0.2, 0.25) is 0 Å². The van der Waals surface area contributed by atoms with Crippen molar-refractivity contribution in [3.8, 4) is 0 Å². The lowest BCUT2D eigenvalue weighted by Gasteiger charge is -2.26. The van der Waals surface area contributed by atoms with Crippen LogP contribution in [0, 0.1) is 18.8 Å². The molecule has 3 atom stereocenters. The smallest absolute Gasteiger partial charge is 0.0373 e. The normalized spacial score (nSPS) is 32.0. The number of aryl methyl sites for hydroxylation is 1. The van der Waals surface area contributed by atoms with Gasteiger partial charge in [-0.3, -0.25) is 0 Å². The molecule has 2 nitrogen and oxygen atoms in total. The molecule has 1 aromatic carbocycles. The highest BCUT2D eigenvalue weighted by Gasteiger charge is 2.39. The third kappa shape index (κ3) is 2.19. The standard InChI is InChI=1S/C18H26N2/c1-13-10-16(20-8-2-3-9-20)6-7-17(13)19-18-12-14-4-5-15(18)11-14/h6-7,10,14-15,18-19H,2-5,8-9,11-12H2,1H3. The lowest BCUT2D eigenvalue weighted by Crippen LogP contribution is -2.26. The van der Waals surface area contributed by atoms with E-state index in [0.717, 1.165) is 17.9 Å². The molecule has 0 spiro atoms. The monoisotopic (exact) mass is 270 g/mol. The van der Waals surface area contributed by atoms with Crippen molar-refractivity contribution in [1.82, 2.24) is 0 Å². The second kappa shape index (κ2) is 4.98. The van der Waals surface area contributed by atoms with Gasteiger partial charge in [-0.2, -0.15) is 0 Å². The van der Waals surface area contributed by atoms with Crippen LogP contribution in [0.25, 0.3) is 0 Å². The molecule has 2 saturated carbocycles. The van der Waals surface area contributed by atoms with Crippen molar-refractivity contribution < 1.29 is 0 Å². The third-order valence-corrected chi connectivity index (χ3v) is 5.76. The van der Waals surface area contributed by atoms with E-state index in [1.165, 1.54) is 68.6 Å². The van der Waals surface area contributed by atoms with Gasteiger partial charge in [-0.05, 0) is 74.6 Å². The van der Waals surface area contributed by atoms with Crippen LogP contribution in [0.1, 0.15) is 44.1 Å². The van der Waals surface area contributed by atoms with Crippen molar-refractivity contribution in [3.63, 3.8) is 0 Å². The zero-order chi connectivity index (χ0) is 13.5. The maximum absolute atomic E-state index is 3.84. The van der Waals surface area contributed by atoms with Crippen LogP contribution < -0.4 is 10.2 Å². The van der Waals surface area contributed by atoms with Crippen LogP contribution in [-0.4, -0.2) is 19.1 Å². The Bertz CT molecular complexity index is 490. The van der Waals surface area contributed by atoms with Gasteiger partial charge in [0.25, 0.3) is 0 Å². The van der Waals surface area contributed by atoms with Gasteiger partial charge in [0.2, 0.25) is 0 Å². The van der Waals surface area contributed by atoms with Gasteiger partial charge in [-0.25, -0.2) is 0 Å². The fourth-order valence-corrected chi connectivity index (χ4v) is 4.60. The summed E-state index contributed by atoms with van der Waals surface area (Å²) in [6, 6.07) is 7.74. The highest BCUT2D eigenvalue weighted by Crippen LogP contribution is 2.45. The Balaban J connectivity index is 1.48. The average Bonchev–Trinajstić information content (AvgIpc) is 3.17. The number of hydrogen-bond donors (Lipinski definition) is 1. The van der Waals surface area contributed by atoms with Crippen LogP contribution in [0.4, 0.5) is 11.4 Å². The second-order valence-corrected chi connectivity index (χ2v) is 7.12. The van der Waals surface area contributed by atoms with E-state index in [4.69, 9.17) is 0 Å². The van der Waals surface area contributed by atoms with Crippen molar-refractivity contribution in [2.24, 2.45) is 11.8 Å². The molecule has 3 aliphatic rings. The summed E-state index contributed by atoms with van der Waals surface area (Å²) in [5.74, 6) is 1.96. The Kier molecular flexibility index (Phi) is 3.13. The molecule has 2 aliphatic carbocycles. The fourth-order valence-electron chi connectivity index (χ4n) is 4.60. The van der Waals surface area contributed by atoms with Gasteiger partial charge in [0.05, 0.1) is 0 Å². The molecule has 1 saturated heterocycles. The molecule has 2 bridgehead atoms. The quantitative estimate of drug-likeness (QED) is 0.885. The van der Waals surface area contributed by atoms with E-state index < -0.39 is 0 Å². The molecule has 0 radical (unpaired) electrons. The van der Waals surface area contributed by atoms with E-state index in [1.54, 1.807) is 0 Å². The maximum atomic E-state index is 3.84. The molecule has 0 amide bonds. The summed E-state index contributed by atoms with van der Waals surface area (Å²) in [6.07, 6.45) is 8.51. The molecular formula is C18H26N2. The number of fused-ring (bicyclic) bond motifs is 2. The zero-order valence-electron chi connectivity index (χ0n) is 12.6. The summed E-state index contributed by atoms with van der Waals surface area (Å²) in [5.41, 5.74) is 4.20. The maximum Gasteiger partial charge on any atom is 0.0373 e. The average molecular weight is 270 g/mol. The first-order valence-corrected chi connectivity index (χ1v) is 8.42. The van der Waals surface area contributed by atoms with Crippen LogP contribution in [-0.2, 0) is 0 Å². The summed E-state index contributed by atoms with van der Waals surface area (Å²) >= 11 is 0. The molecule has 4 rings (SSSR count). The van der Waals surface area contributed by atoms with Gasteiger partial charge in [0, 0.05) is 30.5 Å². The minimum absolute atomic E-state index is 0.741. The lowest BCUT2D eigenvalue weighted by molar-refractivity contribution is 0.439. The van der Waals surface area contributed by atoms with E-state index >= 15 is 0 Å². The zero-order valence-corrected chi connectivity index (χ0v) is 12.6. The van der Waals surface area contributed by atoms with Gasteiger partial charge in [-0.15, -0.1) is 0 Å². The van der Waals surface area contributed by atoms with Gasteiger partial charge in [-0.1, -0.05) is 6.42 Å². The van der Waals surface area contributed by atoms with Crippen LogP contribution >= 0.6 is 0 Å². The fraction of sp³-hybridized carbons (Fsp3) is 0.667. The predicted octanol–water partition coefficient (Wildman–Crippen LogP) is 4.20. The van der Waals surface area contributed by atoms with Crippen molar-refractivity contribution in [2.75, 3.05) is 23.3 Å². The molecule has 108 valence electrons. The number of benzene rings is 1. The van der Waals surface area contributed by atoms with Crippen LogP contribution in [0.3, 0.4) is 0 Å². The molecule has 1 aliphatic heterocycles. The third-order valence-electron chi connectivity index (χ3n) is 5.76. The summed E-state index contributed by atoms with van der Waals surface area (Å²) in [5, 5.41) is 3.84. The molecule has 1 heterocycles. The van der Waals surface area contributed by atoms with Crippen molar-refractivity contribution in [2.45, 2.75) is 51.5 Å².